The number of nitrogens with zero attached hydrogens (tertiary/aromatic N) is 1. The first-order valence-electron chi connectivity index (χ1n) is 3.90. The van der Waals surface area contributed by atoms with Crippen LogP contribution in [0.1, 0.15) is 12.8 Å². The van der Waals surface area contributed by atoms with E-state index in [4.69, 9.17) is 0 Å². The van der Waals surface area contributed by atoms with E-state index in [9.17, 15) is 8.42 Å². The lowest BCUT2D eigenvalue weighted by molar-refractivity contribution is 0.488. The SMILES string of the molecule is C[N-]CC1CCS(=O)(=O)CC1. The number of hydrogen-bond acceptors (Lipinski definition) is 2. The van der Waals surface area contributed by atoms with Gasteiger partial charge in [-0.25, -0.2) is 8.42 Å². The minimum atomic E-state index is -2.68. The van der Waals surface area contributed by atoms with Crippen LogP contribution < -0.4 is 0 Å². The summed E-state index contributed by atoms with van der Waals surface area (Å²) < 4.78 is 21.9. The van der Waals surface area contributed by atoms with E-state index in [0.717, 1.165) is 19.4 Å². The summed E-state index contributed by atoms with van der Waals surface area (Å²) in [5, 5.41) is 4.01. The Hall–Kier alpha value is -0.0900. The van der Waals surface area contributed by atoms with Crippen molar-refractivity contribution in [1.82, 2.24) is 0 Å². The average Bonchev–Trinajstić information content (AvgIpc) is 1.94. The summed E-state index contributed by atoms with van der Waals surface area (Å²) in [5.41, 5.74) is 0. The van der Waals surface area contributed by atoms with Crippen LogP contribution in [0.5, 0.6) is 0 Å². The molecule has 1 aliphatic heterocycles. The fourth-order valence-corrected chi connectivity index (χ4v) is 2.97. The smallest absolute Gasteiger partial charge is 0.150 e. The Morgan fingerprint density at radius 3 is 2.36 bits per heavy atom. The highest BCUT2D eigenvalue weighted by atomic mass is 32.2. The van der Waals surface area contributed by atoms with E-state index in [1.807, 2.05) is 0 Å². The summed E-state index contributed by atoms with van der Waals surface area (Å²) >= 11 is 0. The molecule has 1 saturated heterocycles. The summed E-state index contributed by atoms with van der Waals surface area (Å²) in [6, 6.07) is 0. The van der Waals surface area contributed by atoms with Crippen molar-refractivity contribution in [2.45, 2.75) is 12.8 Å². The Morgan fingerprint density at radius 1 is 1.36 bits per heavy atom. The minimum absolute atomic E-state index is 0.368. The molecular weight excluding hydrogens is 162 g/mol. The van der Waals surface area contributed by atoms with E-state index >= 15 is 0 Å². The van der Waals surface area contributed by atoms with Gasteiger partial charge in [-0.15, -0.1) is 6.54 Å². The first-order valence-corrected chi connectivity index (χ1v) is 5.72. The van der Waals surface area contributed by atoms with Crippen LogP contribution in [0.2, 0.25) is 0 Å². The molecule has 0 atom stereocenters. The first kappa shape index (κ1) is 9.00. The lowest BCUT2D eigenvalue weighted by Crippen LogP contribution is -2.24. The molecule has 0 aromatic carbocycles. The van der Waals surface area contributed by atoms with Crippen molar-refractivity contribution in [3.63, 3.8) is 0 Å². The summed E-state index contributed by atoms with van der Waals surface area (Å²) in [6.07, 6.45) is 1.61. The molecule has 66 valence electrons. The summed E-state index contributed by atoms with van der Waals surface area (Å²) in [6.45, 7) is 0.829. The van der Waals surface area contributed by atoms with E-state index in [1.165, 1.54) is 0 Å². The summed E-state index contributed by atoms with van der Waals surface area (Å²) in [4.78, 5) is 0. The lowest BCUT2D eigenvalue weighted by Gasteiger charge is -2.26. The third kappa shape index (κ3) is 2.79. The van der Waals surface area contributed by atoms with E-state index in [1.54, 1.807) is 7.05 Å². The Bertz CT molecular complexity index is 196. The second-order valence-electron chi connectivity index (χ2n) is 3.09. The highest BCUT2D eigenvalue weighted by Crippen LogP contribution is 2.19. The predicted octanol–water partition coefficient (Wildman–Crippen LogP) is 0.815. The van der Waals surface area contributed by atoms with Crippen LogP contribution in [-0.2, 0) is 9.84 Å². The van der Waals surface area contributed by atoms with Crippen molar-refractivity contribution in [3.05, 3.63) is 5.32 Å². The second kappa shape index (κ2) is 3.54. The van der Waals surface area contributed by atoms with Gasteiger partial charge in [0.15, 0.2) is 0 Å². The predicted molar refractivity (Wildman–Crippen MR) is 45.5 cm³/mol. The maximum atomic E-state index is 11.0. The highest BCUT2D eigenvalue weighted by molar-refractivity contribution is 7.91. The van der Waals surface area contributed by atoms with Crippen LogP contribution in [0.3, 0.4) is 0 Å². The molecule has 0 radical (unpaired) electrons. The zero-order valence-electron chi connectivity index (χ0n) is 6.78. The Kier molecular flexibility index (Phi) is 2.90. The molecule has 11 heavy (non-hydrogen) atoms. The van der Waals surface area contributed by atoms with Gasteiger partial charge in [0, 0.05) is 0 Å². The zero-order chi connectivity index (χ0) is 8.32. The van der Waals surface area contributed by atoms with Gasteiger partial charge >= 0.3 is 0 Å². The molecule has 0 spiro atoms. The number of hydrogen-bond donors (Lipinski definition) is 0. The van der Waals surface area contributed by atoms with E-state index in [-0.39, 0.29) is 0 Å². The molecule has 0 aromatic heterocycles. The molecule has 4 heteroatoms. The summed E-state index contributed by atoms with van der Waals surface area (Å²) in [7, 11) is -0.895. The highest BCUT2D eigenvalue weighted by Gasteiger charge is 2.20. The van der Waals surface area contributed by atoms with Crippen LogP contribution >= 0.6 is 0 Å². The average molecular weight is 176 g/mol. The van der Waals surface area contributed by atoms with Crippen molar-refractivity contribution in [3.8, 4) is 0 Å². The van der Waals surface area contributed by atoms with Crippen LogP contribution in [0.15, 0.2) is 0 Å². The van der Waals surface area contributed by atoms with Gasteiger partial charge in [-0.2, -0.15) is 7.05 Å². The van der Waals surface area contributed by atoms with Crippen LogP contribution in [0, 0.1) is 5.92 Å². The molecule has 0 aromatic rings. The monoisotopic (exact) mass is 176 g/mol. The Morgan fingerprint density at radius 2 is 1.91 bits per heavy atom. The van der Waals surface area contributed by atoms with Crippen LogP contribution in [-0.4, -0.2) is 33.5 Å². The third-order valence-electron chi connectivity index (χ3n) is 2.11. The first-order chi connectivity index (χ1) is 5.14. The van der Waals surface area contributed by atoms with Gasteiger partial charge in [0.05, 0.1) is 11.5 Å². The molecule has 0 amide bonds. The van der Waals surface area contributed by atoms with Crippen molar-refractivity contribution >= 4 is 9.84 Å². The largest absolute Gasteiger partial charge is 0.665 e. The van der Waals surface area contributed by atoms with Gasteiger partial charge in [-0.05, 0) is 12.8 Å². The van der Waals surface area contributed by atoms with Crippen molar-refractivity contribution in [2.24, 2.45) is 5.92 Å². The maximum Gasteiger partial charge on any atom is 0.150 e. The fraction of sp³-hybridized carbons (Fsp3) is 1.00. The molecule has 0 bridgehead atoms. The van der Waals surface area contributed by atoms with E-state index < -0.39 is 9.84 Å². The van der Waals surface area contributed by atoms with Gasteiger partial charge < -0.3 is 5.32 Å². The lowest BCUT2D eigenvalue weighted by atomic mass is 10.0. The second-order valence-corrected chi connectivity index (χ2v) is 5.40. The van der Waals surface area contributed by atoms with E-state index in [2.05, 4.69) is 5.32 Å². The topological polar surface area (TPSA) is 48.2 Å². The molecule has 0 aliphatic carbocycles. The molecule has 3 nitrogen and oxygen atoms in total. The molecule has 1 fully saturated rings. The maximum absolute atomic E-state index is 11.0. The van der Waals surface area contributed by atoms with Crippen LogP contribution in [0.4, 0.5) is 0 Å². The van der Waals surface area contributed by atoms with Gasteiger partial charge in [0.25, 0.3) is 0 Å². The molecule has 1 rings (SSSR count). The van der Waals surface area contributed by atoms with Gasteiger partial charge in [0.2, 0.25) is 0 Å². The molecule has 1 aliphatic rings. The molecule has 1 heterocycles. The quantitative estimate of drug-likeness (QED) is 0.625. The van der Waals surface area contributed by atoms with Gasteiger partial charge in [-0.3, -0.25) is 0 Å². The molecule has 0 unspecified atom stereocenters. The standard InChI is InChI=1S/C7H14NO2S/c1-8-6-7-2-4-11(9,10)5-3-7/h7H,2-6H2,1H3/q-1. The van der Waals surface area contributed by atoms with E-state index in [0.29, 0.717) is 17.4 Å². The van der Waals surface area contributed by atoms with Crippen molar-refractivity contribution in [2.75, 3.05) is 25.1 Å². The van der Waals surface area contributed by atoms with Crippen molar-refractivity contribution in [1.29, 1.82) is 0 Å². The number of rotatable bonds is 2. The molecule has 0 N–H and O–H groups in total. The van der Waals surface area contributed by atoms with Crippen molar-refractivity contribution < 1.29 is 8.42 Å². The Labute approximate surface area is 68.1 Å². The Balaban J connectivity index is 2.36. The number of sulfone groups is 1. The van der Waals surface area contributed by atoms with Gasteiger partial charge in [-0.1, -0.05) is 5.92 Å². The molecular formula is C7H14NO2S-. The van der Waals surface area contributed by atoms with Crippen LogP contribution in [0.25, 0.3) is 5.32 Å². The minimum Gasteiger partial charge on any atom is -0.665 e. The fourth-order valence-electron chi connectivity index (χ4n) is 1.38. The third-order valence-corrected chi connectivity index (χ3v) is 3.83. The zero-order valence-corrected chi connectivity index (χ0v) is 7.60. The van der Waals surface area contributed by atoms with Gasteiger partial charge in [0.1, 0.15) is 9.84 Å². The molecule has 0 saturated carbocycles. The summed E-state index contributed by atoms with van der Waals surface area (Å²) in [5.74, 6) is 1.25. The normalized spacial score (nSPS) is 25.2.